The van der Waals surface area contributed by atoms with Gasteiger partial charge in [-0.2, -0.15) is 0 Å². The number of nitrogens with zero attached hydrogens (tertiary/aromatic N) is 3. The zero-order chi connectivity index (χ0) is 21.8. The van der Waals surface area contributed by atoms with Crippen LogP contribution in [0.5, 0.6) is 0 Å². The quantitative estimate of drug-likeness (QED) is 0.588. The molecule has 5 heteroatoms. The minimum absolute atomic E-state index is 0.0158. The number of benzene rings is 2. The van der Waals surface area contributed by atoms with Crippen LogP contribution in [-0.4, -0.2) is 66.4 Å². The number of rotatable bonds is 6. The zero-order valence-electron chi connectivity index (χ0n) is 18.6. The van der Waals surface area contributed by atoms with Crippen LogP contribution in [-0.2, 0) is 0 Å². The van der Waals surface area contributed by atoms with Crippen LogP contribution in [0, 0.1) is 0 Å². The monoisotopic (exact) mass is 406 g/mol. The summed E-state index contributed by atoms with van der Waals surface area (Å²) in [6, 6.07) is 17.1. The summed E-state index contributed by atoms with van der Waals surface area (Å²) in [6.45, 7) is 11.3. The summed E-state index contributed by atoms with van der Waals surface area (Å²) in [5.41, 5.74) is 9.96. The van der Waals surface area contributed by atoms with Crippen molar-refractivity contribution in [1.82, 2.24) is 14.7 Å². The van der Waals surface area contributed by atoms with Gasteiger partial charge in [-0.1, -0.05) is 30.3 Å². The summed E-state index contributed by atoms with van der Waals surface area (Å²) in [4.78, 5) is 19.0. The van der Waals surface area contributed by atoms with E-state index < -0.39 is 0 Å². The van der Waals surface area contributed by atoms with Crippen LogP contribution in [0.1, 0.15) is 41.4 Å². The number of hydrogen-bond acceptors (Lipinski definition) is 4. The van der Waals surface area contributed by atoms with Crippen LogP contribution >= 0.6 is 0 Å². The molecule has 1 amide bonds. The first kappa shape index (κ1) is 22.1. The van der Waals surface area contributed by atoms with Crippen LogP contribution < -0.4 is 5.73 Å². The topological polar surface area (TPSA) is 52.8 Å². The molecule has 0 bridgehead atoms. The van der Waals surface area contributed by atoms with E-state index in [0.29, 0.717) is 17.6 Å². The van der Waals surface area contributed by atoms with Gasteiger partial charge in [-0.05, 0) is 49.2 Å². The Bertz CT molecular complexity index is 877. The van der Waals surface area contributed by atoms with E-state index in [1.165, 1.54) is 11.1 Å². The first-order valence-corrected chi connectivity index (χ1v) is 10.6. The maximum absolute atomic E-state index is 12.3. The molecule has 0 spiro atoms. The van der Waals surface area contributed by atoms with E-state index in [2.05, 4.69) is 54.5 Å². The van der Waals surface area contributed by atoms with Crippen molar-refractivity contribution in [3.63, 3.8) is 0 Å². The van der Waals surface area contributed by atoms with Gasteiger partial charge in [-0.15, -0.1) is 6.58 Å². The van der Waals surface area contributed by atoms with Crippen molar-refractivity contribution in [2.24, 2.45) is 0 Å². The third kappa shape index (κ3) is 4.74. The van der Waals surface area contributed by atoms with Crippen molar-refractivity contribution in [3.8, 4) is 0 Å². The number of carbonyl (C=O) groups is 1. The van der Waals surface area contributed by atoms with Gasteiger partial charge in [-0.25, -0.2) is 0 Å². The Kier molecular flexibility index (Phi) is 6.95. The highest BCUT2D eigenvalue weighted by molar-refractivity contribution is 5.93. The summed E-state index contributed by atoms with van der Waals surface area (Å²) in [5.74, 6) is 0.0158. The standard InChI is InChI=1S/C25H34N4O/c1-6-14-28-16-19(3)29(17-18(28)2)24(22-8-7-9-23(26)15-22)20-10-12-21(13-11-20)25(30)27(4)5/h6-13,15,18-19,24H,1,14,16-17,26H2,2-5H3/t18-,19+,24-/m1/s1. The molecule has 0 radical (unpaired) electrons. The Balaban J connectivity index is 1.98. The van der Waals surface area contributed by atoms with Crippen LogP contribution in [0.15, 0.2) is 61.2 Å². The predicted molar refractivity (Wildman–Crippen MR) is 125 cm³/mol. The fourth-order valence-electron chi connectivity index (χ4n) is 4.38. The molecule has 1 heterocycles. The van der Waals surface area contributed by atoms with E-state index in [0.717, 1.165) is 25.3 Å². The van der Waals surface area contributed by atoms with Crippen molar-refractivity contribution >= 4 is 11.6 Å². The van der Waals surface area contributed by atoms with Crippen molar-refractivity contribution in [2.45, 2.75) is 32.0 Å². The van der Waals surface area contributed by atoms with Crippen molar-refractivity contribution in [1.29, 1.82) is 0 Å². The summed E-state index contributed by atoms with van der Waals surface area (Å²) in [7, 11) is 3.55. The number of piperazine rings is 1. The molecule has 3 atom stereocenters. The normalized spacial score (nSPS) is 21.2. The second-order valence-electron chi connectivity index (χ2n) is 8.53. The molecule has 0 aliphatic carbocycles. The third-order valence-corrected chi connectivity index (χ3v) is 5.96. The lowest BCUT2D eigenvalue weighted by atomic mass is 9.92. The van der Waals surface area contributed by atoms with E-state index in [9.17, 15) is 4.79 Å². The largest absolute Gasteiger partial charge is 0.399 e. The van der Waals surface area contributed by atoms with Crippen molar-refractivity contribution in [3.05, 3.63) is 77.9 Å². The average molecular weight is 407 g/mol. The molecule has 0 saturated carbocycles. The third-order valence-electron chi connectivity index (χ3n) is 5.96. The number of hydrogen-bond donors (Lipinski definition) is 1. The summed E-state index contributed by atoms with van der Waals surface area (Å²) in [6.07, 6.45) is 1.98. The van der Waals surface area contributed by atoms with E-state index in [-0.39, 0.29) is 11.9 Å². The maximum Gasteiger partial charge on any atom is 0.253 e. The molecule has 3 rings (SSSR count). The van der Waals surface area contributed by atoms with Crippen LogP contribution in [0.3, 0.4) is 0 Å². The molecular weight excluding hydrogens is 372 g/mol. The molecule has 2 aromatic carbocycles. The predicted octanol–water partition coefficient (Wildman–Crippen LogP) is 3.64. The molecule has 0 unspecified atom stereocenters. The number of anilines is 1. The van der Waals surface area contributed by atoms with Gasteiger partial charge in [0.2, 0.25) is 0 Å². The highest BCUT2D eigenvalue weighted by Gasteiger charge is 2.34. The molecule has 5 nitrogen and oxygen atoms in total. The van der Waals surface area contributed by atoms with E-state index >= 15 is 0 Å². The Labute approximate surface area is 180 Å². The fourth-order valence-corrected chi connectivity index (χ4v) is 4.38. The molecule has 1 aliphatic heterocycles. The second-order valence-corrected chi connectivity index (χ2v) is 8.53. The highest BCUT2D eigenvalue weighted by Crippen LogP contribution is 2.34. The number of amides is 1. The molecule has 160 valence electrons. The van der Waals surface area contributed by atoms with Gasteiger partial charge in [0.15, 0.2) is 0 Å². The first-order chi connectivity index (χ1) is 14.3. The van der Waals surface area contributed by atoms with Crippen molar-refractivity contribution < 1.29 is 4.79 Å². The lowest BCUT2D eigenvalue weighted by Gasteiger charge is -2.47. The lowest BCUT2D eigenvalue weighted by molar-refractivity contribution is 0.0307. The van der Waals surface area contributed by atoms with Gasteiger partial charge in [0, 0.05) is 57.1 Å². The van der Waals surface area contributed by atoms with Crippen LogP contribution in [0.25, 0.3) is 0 Å². The van der Waals surface area contributed by atoms with Gasteiger partial charge in [0.25, 0.3) is 5.91 Å². The minimum Gasteiger partial charge on any atom is -0.399 e. The number of carbonyl (C=O) groups excluding carboxylic acids is 1. The van der Waals surface area contributed by atoms with Crippen LogP contribution in [0.4, 0.5) is 5.69 Å². The molecule has 30 heavy (non-hydrogen) atoms. The van der Waals surface area contributed by atoms with Gasteiger partial charge < -0.3 is 10.6 Å². The number of nitrogens with two attached hydrogens (primary N) is 1. The van der Waals surface area contributed by atoms with Crippen LogP contribution in [0.2, 0.25) is 0 Å². The Morgan fingerprint density at radius 2 is 1.83 bits per heavy atom. The number of nitrogen functional groups attached to an aromatic ring is 1. The molecular formula is C25H34N4O. The first-order valence-electron chi connectivity index (χ1n) is 10.6. The molecule has 1 fully saturated rings. The molecule has 1 aliphatic rings. The van der Waals surface area contributed by atoms with Crippen molar-refractivity contribution in [2.75, 3.05) is 39.5 Å². The Hall–Kier alpha value is -2.63. The summed E-state index contributed by atoms with van der Waals surface area (Å²) >= 11 is 0. The van der Waals surface area contributed by atoms with Gasteiger partial charge >= 0.3 is 0 Å². The van der Waals surface area contributed by atoms with Gasteiger partial charge in [-0.3, -0.25) is 14.6 Å². The lowest BCUT2D eigenvalue weighted by Crippen LogP contribution is -2.57. The maximum atomic E-state index is 12.3. The fraction of sp³-hybridized carbons (Fsp3) is 0.400. The zero-order valence-corrected chi connectivity index (χ0v) is 18.6. The highest BCUT2D eigenvalue weighted by atomic mass is 16.2. The van der Waals surface area contributed by atoms with E-state index in [4.69, 9.17) is 5.73 Å². The van der Waals surface area contributed by atoms with E-state index in [1.807, 2.05) is 30.3 Å². The van der Waals surface area contributed by atoms with E-state index in [1.54, 1.807) is 19.0 Å². The SMILES string of the molecule is C=CCN1C[C@H](C)N([C@H](c2ccc(C(=O)N(C)C)cc2)c2cccc(N)c2)C[C@H]1C. The second kappa shape index (κ2) is 9.45. The molecule has 1 saturated heterocycles. The van der Waals surface area contributed by atoms with Gasteiger partial charge in [0.05, 0.1) is 6.04 Å². The Morgan fingerprint density at radius 1 is 1.13 bits per heavy atom. The summed E-state index contributed by atoms with van der Waals surface area (Å²) < 4.78 is 0. The van der Waals surface area contributed by atoms with Gasteiger partial charge in [0.1, 0.15) is 0 Å². The summed E-state index contributed by atoms with van der Waals surface area (Å²) in [5, 5.41) is 0. The molecule has 2 N–H and O–H groups in total. The molecule has 0 aromatic heterocycles. The molecule has 2 aromatic rings. The smallest absolute Gasteiger partial charge is 0.253 e. The minimum atomic E-state index is 0.0158. The average Bonchev–Trinajstić information content (AvgIpc) is 2.72. The Morgan fingerprint density at radius 3 is 2.43 bits per heavy atom.